The lowest BCUT2D eigenvalue weighted by molar-refractivity contribution is -0.0477. The van der Waals surface area contributed by atoms with E-state index in [9.17, 15) is 0 Å². The Balaban J connectivity index is 1.53. The van der Waals surface area contributed by atoms with E-state index >= 15 is 0 Å². The Morgan fingerprint density at radius 1 is 1.12 bits per heavy atom. The van der Waals surface area contributed by atoms with Crippen molar-refractivity contribution < 1.29 is 4.74 Å². The Morgan fingerprint density at radius 3 is 2.71 bits per heavy atom. The summed E-state index contributed by atoms with van der Waals surface area (Å²) in [7, 11) is 0. The molecule has 0 aromatic heterocycles. The van der Waals surface area contributed by atoms with Gasteiger partial charge in [-0.1, -0.05) is 12.8 Å². The quantitative estimate of drug-likeness (QED) is 0.720. The van der Waals surface area contributed by atoms with Gasteiger partial charge in [-0.3, -0.25) is 4.90 Å². The summed E-state index contributed by atoms with van der Waals surface area (Å²) in [6, 6.07) is 0.611. The molecule has 0 aromatic rings. The molecule has 0 amide bonds. The Bertz CT molecular complexity index is 265. The van der Waals surface area contributed by atoms with Crippen LogP contribution < -0.4 is 0 Å². The largest absolute Gasteiger partial charge is 0.370 e. The molecule has 0 bridgehead atoms. The lowest BCUT2D eigenvalue weighted by atomic mass is 9.98. The third kappa shape index (κ3) is 2.50. The average molecular weight is 258 g/mol. The molecule has 2 aliphatic heterocycles. The van der Waals surface area contributed by atoms with Crippen LogP contribution in [-0.4, -0.2) is 41.6 Å². The summed E-state index contributed by atoms with van der Waals surface area (Å²) in [6.07, 6.45) is 11.0. The minimum absolute atomic E-state index is 0.293. The first-order valence-corrected chi connectivity index (χ1v) is 7.83. The molecular formula is C14H24ClNO. The first-order valence-electron chi connectivity index (χ1n) is 7.29. The van der Waals surface area contributed by atoms with Gasteiger partial charge >= 0.3 is 0 Å². The summed E-state index contributed by atoms with van der Waals surface area (Å²) in [5, 5.41) is 0. The van der Waals surface area contributed by atoms with Crippen LogP contribution in [0.2, 0.25) is 0 Å². The summed E-state index contributed by atoms with van der Waals surface area (Å²) in [4.78, 5) is 2.56. The first-order chi connectivity index (χ1) is 8.31. The zero-order chi connectivity index (χ0) is 11.7. The van der Waals surface area contributed by atoms with Crippen molar-refractivity contribution in [3.63, 3.8) is 0 Å². The third-order valence-electron chi connectivity index (χ3n) is 4.97. The Labute approximate surface area is 110 Å². The number of alkyl halides is 1. The highest BCUT2D eigenvalue weighted by Gasteiger charge is 2.43. The molecule has 17 heavy (non-hydrogen) atoms. The molecule has 1 saturated carbocycles. The van der Waals surface area contributed by atoms with E-state index in [2.05, 4.69) is 4.90 Å². The highest BCUT2D eigenvalue weighted by molar-refractivity contribution is 6.18. The summed E-state index contributed by atoms with van der Waals surface area (Å²) >= 11 is 6.03. The van der Waals surface area contributed by atoms with Gasteiger partial charge in [-0.2, -0.15) is 0 Å². The fraction of sp³-hybridized carbons (Fsp3) is 1.00. The van der Waals surface area contributed by atoms with Gasteiger partial charge in [0, 0.05) is 18.5 Å². The van der Waals surface area contributed by atoms with Gasteiger partial charge in [0.1, 0.15) is 0 Å². The molecule has 0 N–H and O–H groups in total. The zero-order valence-corrected chi connectivity index (χ0v) is 11.4. The molecule has 2 nitrogen and oxygen atoms in total. The van der Waals surface area contributed by atoms with Gasteiger partial charge in [0.25, 0.3) is 0 Å². The second-order valence-corrected chi connectivity index (χ2v) is 6.42. The summed E-state index contributed by atoms with van der Waals surface area (Å²) in [5.74, 6) is 0.790. The van der Waals surface area contributed by atoms with E-state index in [1.54, 1.807) is 0 Å². The van der Waals surface area contributed by atoms with Crippen LogP contribution in [0, 0.1) is 0 Å². The molecule has 2 saturated heterocycles. The molecule has 3 heteroatoms. The normalized spacial score (nSPS) is 37.2. The molecular weight excluding hydrogens is 234 g/mol. The van der Waals surface area contributed by atoms with E-state index in [4.69, 9.17) is 16.3 Å². The number of rotatable bonds is 3. The monoisotopic (exact) mass is 257 g/mol. The molecule has 3 fully saturated rings. The van der Waals surface area contributed by atoms with Crippen molar-refractivity contribution in [2.45, 2.75) is 69.1 Å². The molecule has 2 heterocycles. The molecule has 1 spiro atoms. The minimum atomic E-state index is 0.293. The molecule has 0 radical (unpaired) electrons. The predicted octanol–water partition coefficient (Wildman–Crippen LogP) is 3.18. The standard InChI is InChI=1S/C14H24ClNO/c15-10-12-4-3-9-16(12)11-13-5-8-14(17-13)6-1-2-7-14/h12-13H,1-11H2. The van der Waals surface area contributed by atoms with Crippen LogP contribution in [-0.2, 0) is 4.74 Å². The van der Waals surface area contributed by atoms with Crippen LogP contribution in [0.1, 0.15) is 51.4 Å². The number of hydrogen-bond donors (Lipinski definition) is 0. The second kappa shape index (κ2) is 5.07. The number of hydrogen-bond acceptors (Lipinski definition) is 2. The van der Waals surface area contributed by atoms with Gasteiger partial charge in [0.2, 0.25) is 0 Å². The molecule has 98 valence electrons. The third-order valence-corrected chi connectivity index (χ3v) is 5.32. The number of likely N-dealkylation sites (tertiary alicyclic amines) is 1. The van der Waals surface area contributed by atoms with Crippen molar-refractivity contribution in [1.29, 1.82) is 0 Å². The van der Waals surface area contributed by atoms with Crippen LogP contribution in [0.5, 0.6) is 0 Å². The lowest BCUT2D eigenvalue weighted by Gasteiger charge is -2.28. The minimum Gasteiger partial charge on any atom is -0.370 e. The number of halogens is 1. The maximum atomic E-state index is 6.38. The summed E-state index contributed by atoms with van der Waals surface area (Å²) in [5.41, 5.74) is 0.293. The highest BCUT2D eigenvalue weighted by atomic mass is 35.5. The predicted molar refractivity (Wildman–Crippen MR) is 70.6 cm³/mol. The van der Waals surface area contributed by atoms with Crippen molar-refractivity contribution in [2.75, 3.05) is 19.0 Å². The van der Waals surface area contributed by atoms with E-state index in [0.29, 0.717) is 17.7 Å². The van der Waals surface area contributed by atoms with E-state index in [-0.39, 0.29) is 0 Å². The van der Waals surface area contributed by atoms with Gasteiger partial charge < -0.3 is 4.74 Å². The molecule has 3 aliphatic rings. The molecule has 3 rings (SSSR count). The van der Waals surface area contributed by atoms with E-state index in [1.165, 1.54) is 57.9 Å². The van der Waals surface area contributed by atoms with Crippen molar-refractivity contribution in [3.8, 4) is 0 Å². The SMILES string of the molecule is ClCC1CCCN1CC1CCC2(CCCC2)O1. The van der Waals surface area contributed by atoms with E-state index < -0.39 is 0 Å². The van der Waals surface area contributed by atoms with Crippen molar-refractivity contribution >= 4 is 11.6 Å². The smallest absolute Gasteiger partial charge is 0.0710 e. The van der Waals surface area contributed by atoms with Crippen LogP contribution >= 0.6 is 11.6 Å². The number of ether oxygens (including phenoxy) is 1. The lowest BCUT2D eigenvalue weighted by Crippen LogP contribution is -2.38. The Kier molecular flexibility index (Phi) is 3.65. The Hall–Kier alpha value is 0.210. The first kappa shape index (κ1) is 12.3. The van der Waals surface area contributed by atoms with Gasteiger partial charge in [0.05, 0.1) is 11.7 Å². The van der Waals surface area contributed by atoms with Crippen molar-refractivity contribution in [3.05, 3.63) is 0 Å². The maximum Gasteiger partial charge on any atom is 0.0710 e. The summed E-state index contributed by atoms with van der Waals surface area (Å²) in [6.45, 7) is 2.35. The summed E-state index contributed by atoms with van der Waals surface area (Å²) < 4.78 is 6.38. The fourth-order valence-corrected chi connectivity index (χ4v) is 4.33. The van der Waals surface area contributed by atoms with Gasteiger partial charge in [-0.15, -0.1) is 11.6 Å². The van der Waals surface area contributed by atoms with Crippen LogP contribution in [0.15, 0.2) is 0 Å². The van der Waals surface area contributed by atoms with E-state index in [1.807, 2.05) is 0 Å². The molecule has 2 atom stereocenters. The molecule has 0 aromatic carbocycles. The maximum absolute atomic E-state index is 6.38. The van der Waals surface area contributed by atoms with Crippen molar-refractivity contribution in [1.82, 2.24) is 4.90 Å². The second-order valence-electron chi connectivity index (χ2n) is 6.11. The van der Waals surface area contributed by atoms with Gasteiger partial charge in [-0.25, -0.2) is 0 Å². The average Bonchev–Trinajstić information content (AvgIpc) is 3.03. The van der Waals surface area contributed by atoms with Gasteiger partial charge in [-0.05, 0) is 45.1 Å². The fourth-order valence-electron chi connectivity index (χ4n) is 3.98. The van der Waals surface area contributed by atoms with Crippen LogP contribution in [0.4, 0.5) is 0 Å². The molecule has 1 aliphatic carbocycles. The number of nitrogens with zero attached hydrogens (tertiary/aromatic N) is 1. The molecule has 2 unspecified atom stereocenters. The zero-order valence-electron chi connectivity index (χ0n) is 10.7. The topological polar surface area (TPSA) is 12.5 Å². The Morgan fingerprint density at radius 2 is 1.94 bits per heavy atom. The van der Waals surface area contributed by atoms with Gasteiger partial charge in [0.15, 0.2) is 0 Å². The van der Waals surface area contributed by atoms with E-state index in [0.717, 1.165) is 12.4 Å². The highest BCUT2D eigenvalue weighted by Crippen LogP contribution is 2.43. The van der Waals surface area contributed by atoms with Crippen LogP contribution in [0.3, 0.4) is 0 Å². The van der Waals surface area contributed by atoms with Crippen molar-refractivity contribution in [2.24, 2.45) is 0 Å². The van der Waals surface area contributed by atoms with Crippen LogP contribution in [0.25, 0.3) is 0 Å².